The number of hydrogen-bond donors (Lipinski definition) is 0. The summed E-state index contributed by atoms with van der Waals surface area (Å²) in [5.74, 6) is 2.64. The van der Waals surface area contributed by atoms with E-state index in [-0.39, 0.29) is 0 Å². The number of nitrogens with zero attached hydrogens (tertiary/aromatic N) is 7. The maximum atomic E-state index is 4.98. The van der Waals surface area contributed by atoms with Gasteiger partial charge in [0.05, 0.1) is 5.52 Å². The molecule has 1 saturated heterocycles. The lowest BCUT2D eigenvalue weighted by Crippen LogP contribution is -2.31. The predicted octanol–water partition coefficient (Wildman–Crippen LogP) is 3.82. The fraction of sp³-hybridized carbons (Fsp3) is 0.318. The van der Waals surface area contributed by atoms with Gasteiger partial charge in [0.25, 0.3) is 0 Å². The van der Waals surface area contributed by atoms with E-state index in [4.69, 9.17) is 9.97 Å². The lowest BCUT2D eigenvalue weighted by Gasteiger charge is -2.24. The third-order valence-corrected chi connectivity index (χ3v) is 6.16. The summed E-state index contributed by atoms with van der Waals surface area (Å²) in [6.07, 6.45) is 5.51. The van der Waals surface area contributed by atoms with Gasteiger partial charge in [0, 0.05) is 67.5 Å². The molecule has 0 bridgehead atoms. The molecule has 0 unspecified atom stereocenters. The van der Waals surface area contributed by atoms with Crippen molar-refractivity contribution in [1.82, 2.24) is 24.3 Å². The molecule has 1 aliphatic heterocycles. The third-order valence-electron chi connectivity index (χ3n) is 5.34. The highest BCUT2D eigenvalue weighted by Gasteiger charge is 2.21. The van der Waals surface area contributed by atoms with Crippen LogP contribution >= 0.6 is 11.5 Å². The monoisotopic (exact) mass is 417 g/mol. The molecule has 152 valence electrons. The largest absolute Gasteiger partial charge is 0.354 e. The fourth-order valence-corrected chi connectivity index (χ4v) is 4.56. The van der Waals surface area contributed by atoms with Crippen molar-refractivity contribution in [2.24, 2.45) is 0 Å². The summed E-state index contributed by atoms with van der Waals surface area (Å²) >= 11 is 1.50. The fourth-order valence-electron chi connectivity index (χ4n) is 3.76. The average Bonchev–Trinajstić information content (AvgIpc) is 3.16. The lowest BCUT2D eigenvalue weighted by atomic mass is 10.2. The first-order valence-corrected chi connectivity index (χ1v) is 11.1. The minimum absolute atomic E-state index is 0.717. The molecule has 4 heterocycles. The first kappa shape index (κ1) is 18.9. The molecular weight excluding hydrogens is 394 g/mol. The number of hydrogen-bond acceptors (Lipinski definition) is 8. The van der Waals surface area contributed by atoms with E-state index in [0.717, 1.165) is 78.1 Å². The Labute approximate surface area is 179 Å². The van der Waals surface area contributed by atoms with E-state index < -0.39 is 0 Å². The van der Waals surface area contributed by atoms with Crippen molar-refractivity contribution in [3.63, 3.8) is 0 Å². The maximum Gasteiger partial charge on any atom is 0.205 e. The number of anilines is 2. The van der Waals surface area contributed by atoms with Gasteiger partial charge >= 0.3 is 0 Å². The molecule has 30 heavy (non-hydrogen) atoms. The van der Waals surface area contributed by atoms with E-state index in [1.807, 2.05) is 24.4 Å². The molecule has 1 fully saturated rings. The summed E-state index contributed by atoms with van der Waals surface area (Å²) in [6.45, 7) is 5.81. The summed E-state index contributed by atoms with van der Waals surface area (Å²) in [7, 11) is 0. The SMILES string of the molecule is CCc1nsc(N2CCCN(c3nc(-c4cccnc4)nc4ccccc34)CC2)n1. The van der Waals surface area contributed by atoms with Crippen LogP contribution in [-0.2, 0) is 6.42 Å². The van der Waals surface area contributed by atoms with Gasteiger partial charge < -0.3 is 9.80 Å². The van der Waals surface area contributed by atoms with Crippen LogP contribution in [0.4, 0.5) is 10.9 Å². The van der Waals surface area contributed by atoms with Crippen molar-refractivity contribution in [3.8, 4) is 11.4 Å². The van der Waals surface area contributed by atoms with Crippen molar-refractivity contribution in [2.75, 3.05) is 36.0 Å². The number of aromatic nitrogens is 5. The molecule has 0 radical (unpaired) electrons. The number of aryl methyl sites for hydroxylation is 1. The van der Waals surface area contributed by atoms with E-state index in [0.29, 0.717) is 0 Å². The maximum absolute atomic E-state index is 4.98. The van der Waals surface area contributed by atoms with Crippen molar-refractivity contribution < 1.29 is 0 Å². The van der Waals surface area contributed by atoms with Gasteiger partial charge in [-0.3, -0.25) is 4.98 Å². The molecule has 1 aliphatic rings. The normalized spacial score (nSPS) is 14.8. The predicted molar refractivity (Wildman–Crippen MR) is 121 cm³/mol. The third kappa shape index (κ3) is 3.70. The molecule has 5 rings (SSSR count). The van der Waals surface area contributed by atoms with Crippen LogP contribution in [0.3, 0.4) is 0 Å². The first-order valence-electron chi connectivity index (χ1n) is 10.3. The van der Waals surface area contributed by atoms with Gasteiger partial charge in [-0.05, 0) is 30.7 Å². The molecular formula is C22H23N7S. The highest BCUT2D eigenvalue weighted by atomic mass is 32.1. The highest BCUT2D eigenvalue weighted by molar-refractivity contribution is 7.09. The summed E-state index contributed by atoms with van der Waals surface area (Å²) in [5, 5.41) is 2.11. The Morgan fingerprint density at radius 3 is 2.63 bits per heavy atom. The van der Waals surface area contributed by atoms with E-state index in [2.05, 4.69) is 49.3 Å². The molecule has 0 amide bonds. The average molecular weight is 418 g/mol. The molecule has 1 aromatic carbocycles. The van der Waals surface area contributed by atoms with Crippen LogP contribution in [0.2, 0.25) is 0 Å². The van der Waals surface area contributed by atoms with Gasteiger partial charge in [-0.2, -0.15) is 4.37 Å². The lowest BCUT2D eigenvalue weighted by molar-refractivity contribution is 0.798. The van der Waals surface area contributed by atoms with Gasteiger partial charge in [-0.15, -0.1) is 0 Å². The van der Waals surface area contributed by atoms with Crippen LogP contribution < -0.4 is 9.80 Å². The van der Waals surface area contributed by atoms with Gasteiger partial charge in [0.15, 0.2) is 5.82 Å². The number of para-hydroxylation sites is 1. The Balaban J connectivity index is 1.48. The van der Waals surface area contributed by atoms with Crippen LogP contribution in [0, 0.1) is 0 Å². The van der Waals surface area contributed by atoms with E-state index in [1.54, 1.807) is 6.20 Å². The van der Waals surface area contributed by atoms with Gasteiger partial charge in [-0.25, -0.2) is 15.0 Å². The molecule has 0 atom stereocenters. The van der Waals surface area contributed by atoms with Gasteiger partial charge in [-0.1, -0.05) is 19.1 Å². The summed E-state index contributed by atoms with van der Waals surface area (Å²) in [6, 6.07) is 12.2. The second-order valence-corrected chi connectivity index (χ2v) is 8.03. The Bertz CT molecular complexity index is 1140. The molecule has 4 aromatic rings. The molecule has 7 nitrogen and oxygen atoms in total. The second kappa shape index (κ2) is 8.31. The van der Waals surface area contributed by atoms with Gasteiger partial charge in [0.1, 0.15) is 11.6 Å². The van der Waals surface area contributed by atoms with Crippen molar-refractivity contribution in [3.05, 3.63) is 54.6 Å². The van der Waals surface area contributed by atoms with Crippen LogP contribution in [-0.4, -0.2) is 50.5 Å². The summed E-state index contributed by atoms with van der Waals surface area (Å²) < 4.78 is 4.45. The zero-order valence-corrected chi connectivity index (χ0v) is 17.7. The molecule has 0 N–H and O–H groups in total. The van der Waals surface area contributed by atoms with Crippen LogP contribution in [0.1, 0.15) is 19.2 Å². The van der Waals surface area contributed by atoms with Crippen molar-refractivity contribution in [1.29, 1.82) is 0 Å². The topological polar surface area (TPSA) is 70.9 Å². The minimum Gasteiger partial charge on any atom is -0.354 e. The first-order chi connectivity index (χ1) is 14.8. The number of benzene rings is 1. The smallest absolute Gasteiger partial charge is 0.205 e. The molecule has 8 heteroatoms. The van der Waals surface area contributed by atoms with Crippen LogP contribution in [0.15, 0.2) is 48.8 Å². The highest BCUT2D eigenvalue weighted by Crippen LogP contribution is 2.29. The van der Waals surface area contributed by atoms with Crippen LogP contribution in [0.25, 0.3) is 22.3 Å². The number of rotatable bonds is 4. The second-order valence-electron chi connectivity index (χ2n) is 7.30. The Hall–Kier alpha value is -3.13. The Morgan fingerprint density at radius 1 is 0.933 bits per heavy atom. The summed E-state index contributed by atoms with van der Waals surface area (Å²) in [4.78, 5) is 23.4. The molecule has 0 aliphatic carbocycles. The number of fused-ring (bicyclic) bond motifs is 1. The zero-order valence-electron chi connectivity index (χ0n) is 16.9. The molecule has 0 saturated carbocycles. The quantitative estimate of drug-likeness (QED) is 0.500. The molecule has 0 spiro atoms. The van der Waals surface area contributed by atoms with E-state index in [1.165, 1.54) is 11.5 Å². The Morgan fingerprint density at radius 2 is 1.80 bits per heavy atom. The molecule has 3 aromatic heterocycles. The van der Waals surface area contributed by atoms with E-state index >= 15 is 0 Å². The van der Waals surface area contributed by atoms with Crippen molar-refractivity contribution >= 4 is 33.4 Å². The van der Waals surface area contributed by atoms with Crippen LogP contribution in [0.5, 0.6) is 0 Å². The zero-order chi connectivity index (χ0) is 20.3. The number of pyridine rings is 1. The van der Waals surface area contributed by atoms with Crippen molar-refractivity contribution in [2.45, 2.75) is 19.8 Å². The Kier molecular flexibility index (Phi) is 5.23. The standard InChI is InChI=1S/C22H23N7S/c1-2-19-25-22(30-27-19)29-12-6-11-28(13-14-29)21-17-8-3-4-9-18(17)24-20(26-21)16-7-5-10-23-15-16/h3-5,7-10,15H,2,6,11-14H2,1H3. The van der Waals surface area contributed by atoms with Gasteiger partial charge in [0.2, 0.25) is 5.13 Å². The minimum atomic E-state index is 0.717. The summed E-state index contributed by atoms with van der Waals surface area (Å²) in [5.41, 5.74) is 1.89. The van der Waals surface area contributed by atoms with E-state index in [9.17, 15) is 0 Å².